The summed E-state index contributed by atoms with van der Waals surface area (Å²) in [5.74, 6) is -0.424. The fraction of sp³-hybridized carbons (Fsp3) is 0.200. The normalized spacial score (nSPS) is 10.7. The van der Waals surface area contributed by atoms with Gasteiger partial charge in [-0.3, -0.25) is 19.6 Å². The second kappa shape index (κ2) is 7.82. The third kappa shape index (κ3) is 4.04. The molecule has 0 unspecified atom stereocenters. The van der Waals surface area contributed by atoms with Crippen molar-refractivity contribution >= 4 is 28.9 Å². The number of nitro groups is 1. The molecule has 0 bridgehead atoms. The molecular weight excluding hydrogens is 380 g/mol. The highest BCUT2D eigenvalue weighted by atomic mass is 35.5. The Morgan fingerprint density at radius 1 is 1.21 bits per heavy atom. The lowest BCUT2D eigenvalue weighted by Crippen LogP contribution is -2.12. The van der Waals surface area contributed by atoms with E-state index < -0.39 is 10.8 Å². The number of nitro benzene ring substituents is 1. The van der Waals surface area contributed by atoms with Crippen LogP contribution >= 0.6 is 11.6 Å². The molecule has 8 heteroatoms. The van der Waals surface area contributed by atoms with E-state index in [1.807, 2.05) is 49.8 Å². The molecular formula is C20H19ClN4O3. The average molecular weight is 399 g/mol. The number of non-ortho nitro benzene ring substituents is 1. The summed E-state index contributed by atoms with van der Waals surface area (Å²) in [6, 6.07) is 11.3. The Morgan fingerprint density at radius 3 is 2.43 bits per heavy atom. The number of carbonyl (C=O) groups excluding carboxylic acids is 1. The first kappa shape index (κ1) is 19.6. The van der Waals surface area contributed by atoms with Crippen molar-refractivity contribution in [1.29, 1.82) is 0 Å². The van der Waals surface area contributed by atoms with Gasteiger partial charge in [-0.15, -0.1) is 0 Å². The first-order valence-electron chi connectivity index (χ1n) is 8.59. The molecule has 1 N–H and O–H groups in total. The molecule has 28 heavy (non-hydrogen) atoms. The molecule has 0 saturated carbocycles. The summed E-state index contributed by atoms with van der Waals surface area (Å²) >= 11 is 6.01. The van der Waals surface area contributed by atoms with Crippen LogP contribution in [0.3, 0.4) is 0 Å². The Hall–Kier alpha value is -3.19. The topological polar surface area (TPSA) is 90.1 Å². The number of hydrogen-bond donors (Lipinski definition) is 1. The van der Waals surface area contributed by atoms with E-state index in [1.54, 1.807) is 0 Å². The van der Waals surface area contributed by atoms with Crippen molar-refractivity contribution in [2.45, 2.75) is 20.3 Å². The molecule has 0 saturated heterocycles. The number of aryl methyl sites for hydroxylation is 2. The second-order valence-corrected chi connectivity index (χ2v) is 6.93. The molecule has 0 aliphatic heterocycles. The summed E-state index contributed by atoms with van der Waals surface area (Å²) in [5, 5.41) is 18.0. The molecule has 0 aliphatic rings. The summed E-state index contributed by atoms with van der Waals surface area (Å²) in [7, 11) is 1.92. The van der Waals surface area contributed by atoms with Gasteiger partial charge in [-0.1, -0.05) is 23.7 Å². The molecule has 0 fully saturated rings. The van der Waals surface area contributed by atoms with Crippen LogP contribution in [0, 0.1) is 24.0 Å². The van der Waals surface area contributed by atoms with Gasteiger partial charge in [0.2, 0.25) is 0 Å². The molecule has 144 valence electrons. The van der Waals surface area contributed by atoms with Gasteiger partial charge in [-0.05, 0) is 37.6 Å². The minimum atomic E-state index is -0.558. The van der Waals surface area contributed by atoms with Gasteiger partial charge in [0.05, 0.1) is 21.2 Å². The maximum Gasteiger partial charge on any atom is 0.270 e. The van der Waals surface area contributed by atoms with Gasteiger partial charge in [0, 0.05) is 42.5 Å². The third-order valence-electron chi connectivity index (χ3n) is 4.66. The highest BCUT2D eigenvalue weighted by Crippen LogP contribution is 2.24. The standard InChI is InChI=1S/C20H19ClN4O3/c1-12-18(13(2)24(3)23-12)10-14-4-6-15(7-5-14)22-20(26)17-9-8-16(25(27)28)11-19(17)21/h4-9,11H,10H2,1-3H3,(H,22,26). The van der Waals surface area contributed by atoms with Gasteiger partial charge in [-0.2, -0.15) is 5.10 Å². The van der Waals surface area contributed by atoms with Crippen LogP contribution in [0.25, 0.3) is 0 Å². The maximum absolute atomic E-state index is 12.4. The lowest BCUT2D eigenvalue weighted by molar-refractivity contribution is -0.384. The summed E-state index contributed by atoms with van der Waals surface area (Å²) < 4.78 is 1.87. The van der Waals surface area contributed by atoms with Crippen molar-refractivity contribution in [2.75, 3.05) is 5.32 Å². The largest absolute Gasteiger partial charge is 0.322 e. The van der Waals surface area contributed by atoms with Crippen molar-refractivity contribution in [1.82, 2.24) is 9.78 Å². The van der Waals surface area contributed by atoms with Crippen LogP contribution in [0.1, 0.15) is 32.9 Å². The first-order valence-corrected chi connectivity index (χ1v) is 8.97. The lowest BCUT2D eigenvalue weighted by Gasteiger charge is -2.08. The molecule has 3 rings (SSSR count). The highest BCUT2D eigenvalue weighted by molar-refractivity contribution is 6.34. The molecule has 1 aromatic heterocycles. The predicted octanol–water partition coefficient (Wildman–Crippen LogP) is 4.44. The van der Waals surface area contributed by atoms with Crippen molar-refractivity contribution in [3.8, 4) is 0 Å². The van der Waals surface area contributed by atoms with Gasteiger partial charge in [0.25, 0.3) is 11.6 Å². The first-order chi connectivity index (χ1) is 13.3. The number of amides is 1. The van der Waals surface area contributed by atoms with Crippen LogP contribution in [-0.4, -0.2) is 20.6 Å². The molecule has 3 aromatic rings. The number of halogens is 1. The van der Waals surface area contributed by atoms with E-state index in [0.717, 1.165) is 29.4 Å². The van der Waals surface area contributed by atoms with Crippen molar-refractivity contribution in [3.05, 3.63) is 85.7 Å². The van der Waals surface area contributed by atoms with Gasteiger partial charge >= 0.3 is 0 Å². The van der Waals surface area contributed by atoms with Crippen LogP contribution in [0.2, 0.25) is 5.02 Å². The van der Waals surface area contributed by atoms with E-state index in [1.165, 1.54) is 17.7 Å². The zero-order valence-corrected chi connectivity index (χ0v) is 16.4. The second-order valence-electron chi connectivity index (χ2n) is 6.52. The molecule has 2 aromatic carbocycles. The number of aromatic nitrogens is 2. The smallest absolute Gasteiger partial charge is 0.270 e. The minimum absolute atomic E-state index is 0.0332. The molecule has 0 radical (unpaired) electrons. The summed E-state index contributed by atoms with van der Waals surface area (Å²) in [6.07, 6.45) is 0.758. The number of carbonyl (C=O) groups is 1. The zero-order chi connectivity index (χ0) is 20.4. The Balaban J connectivity index is 1.72. The van der Waals surface area contributed by atoms with Crippen LogP contribution in [-0.2, 0) is 13.5 Å². The molecule has 1 amide bonds. The van der Waals surface area contributed by atoms with E-state index >= 15 is 0 Å². The molecule has 1 heterocycles. The van der Waals surface area contributed by atoms with Crippen molar-refractivity contribution in [2.24, 2.45) is 7.05 Å². The molecule has 0 spiro atoms. The van der Waals surface area contributed by atoms with Crippen molar-refractivity contribution < 1.29 is 9.72 Å². The Labute approximate surface area is 167 Å². The Bertz CT molecular complexity index is 1060. The van der Waals surface area contributed by atoms with E-state index in [-0.39, 0.29) is 16.3 Å². The molecule has 7 nitrogen and oxygen atoms in total. The Morgan fingerprint density at radius 2 is 1.89 bits per heavy atom. The van der Waals surface area contributed by atoms with Crippen LogP contribution in [0.15, 0.2) is 42.5 Å². The van der Waals surface area contributed by atoms with Crippen LogP contribution in [0.4, 0.5) is 11.4 Å². The summed E-state index contributed by atoms with van der Waals surface area (Å²) in [6.45, 7) is 4.03. The fourth-order valence-corrected chi connectivity index (χ4v) is 3.24. The number of anilines is 1. The SMILES string of the molecule is Cc1nn(C)c(C)c1Cc1ccc(NC(=O)c2ccc([N+](=O)[O-])cc2Cl)cc1. The van der Waals surface area contributed by atoms with Gasteiger partial charge in [0.15, 0.2) is 0 Å². The predicted molar refractivity (Wildman–Crippen MR) is 108 cm³/mol. The van der Waals surface area contributed by atoms with Gasteiger partial charge in [0.1, 0.15) is 0 Å². The molecule has 0 aliphatic carbocycles. The minimum Gasteiger partial charge on any atom is -0.322 e. The van der Waals surface area contributed by atoms with Crippen LogP contribution in [0.5, 0.6) is 0 Å². The monoisotopic (exact) mass is 398 g/mol. The number of benzene rings is 2. The fourth-order valence-electron chi connectivity index (χ4n) is 2.98. The number of rotatable bonds is 5. The lowest BCUT2D eigenvalue weighted by atomic mass is 10.0. The number of hydrogen-bond acceptors (Lipinski definition) is 4. The highest BCUT2D eigenvalue weighted by Gasteiger charge is 2.15. The number of nitrogens with zero attached hydrogens (tertiary/aromatic N) is 3. The molecule has 0 atom stereocenters. The Kier molecular flexibility index (Phi) is 5.46. The zero-order valence-electron chi connectivity index (χ0n) is 15.7. The maximum atomic E-state index is 12.4. The van der Waals surface area contributed by atoms with E-state index in [9.17, 15) is 14.9 Å². The summed E-state index contributed by atoms with van der Waals surface area (Å²) in [5.41, 5.74) is 5.06. The van der Waals surface area contributed by atoms with Gasteiger partial charge in [-0.25, -0.2) is 0 Å². The van der Waals surface area contributed by atoms with E-state index in [4.69, 9.17) is 11.6 Å². The number of nitrogens with one attached hydrogen (secondary N) is 1. The van der Waals surface area contributed by atoms with Crippen LogP contribution < -0.4 is 5.32 Å². The van der Waals surface area contributed by atoms with E-state index in [0.29, 0.717) is 5.69 Å². The van der Waals surface area contributed by atoms with E-state index in [2.05, 4.69) is 10.4 Å². The van der Waals surface area contributed by atoms with Crippen molar-refractivity contribution in [3.63, 3.8) is 0 Å². The average Bonchev–Trinajstić information content (AvgIpc) is 2.89. The van der Waals surface area contributed by atoms with Gasteiger partial charge < -0.3 is 5.32 Å². The summed E-state index contributed by atoms with van der Waals surface area (Å²) in [4.78, 5) is 22.6. The quantitative estimate of drug-likeness (QED) is 0.508. The third-order valence-corrected chi connectivity index (χ3v) is 4.97.